The highest BCUT2D eigenvalue weighted by Gasteiger charge is 2.19. The van der Waals surface area contributed by atoms with E-state index in [0.29, 0.717) is 19.3 Å². The Kier molecular flexibility index (Phi) is 50.8. The van der Waals surface area contributed by atoms with Crippen molar-refractivity contribution in [1.82, 2.24) is 0 Å². The van der Waals surface area contributed by atoms with Crippen molar-refractivity contribution in [2.75, 3.05) is 13.2 Å². The topological polar surface area (TPSA) is 78.9 Å². The van der Waals surface area contributed by atoms with Crippen molar-refractivity contribution in [2.24, 2.45) is 0 Å². The summed E-state index contributed by atoms with van der Waals surface area (Å²) in [4.78, 5) is 38.0. The predicted octanol–water partition coefficient (Wildman–Crippen LogP) is 18.3. The lowest BCUT2D eigenvalue weighted by atomic mass is 10.0. The number of unbranched alkanes of at least 4 members (excludes halogenated alkanes) is 37. The summed E-state index contributed by atoms with van der Waals surface area (Å²) in [5.41, 5.74) is 0. The van der Waals surface area contributed by atoms with E-state index in [1.165, 1.54) is 193 Å². The van der Waals surface area contributed by atoms with Crippen LogP contribution in [0.5, 0.6) is 0 Å². The zero-order valence-corrected chi connectivity index (χ0v) is 42.4. The van der Waals surface area contributed by atoms with Gasteiger partial charge in [-0.3, -0.25) is 14.4 Å². The molecular weight excluding hydrogens is 781 g/mol. The second-order valence-electron chi connectivity index (χ2n) is 18.9. The fourth-order valence-electron chi connectivity index (χ4n) is 8.25. The summed E-state index contributed by atoms with van der Waals surface area (Å²) in [5, 5.41) is 0. The summed E-state index contributed by atoms with van der Waals surface area (Å²) in [6, 6.07) is 0. The molecule has 0 N–H and O–H groups in total. The fraction of sp³-hybridized carbons (Fsp3) is 0.877. The van der Waals surface area contributed by atoms with E-state index >= 15 is 0 Å². The van der Waals surface area contributed by atoms with Crippen LogP contribution in [-0.4, -0.2) is 37.2 Å². The molecule has 0 bridgehead atoms. The van der Waals surface area contributed by atoms with Gasteiger partial charge in [0.15, 0.2) is 6.10 Å². The van der Waals surface area contributed by atoms with Crippen LogP contribution in [-0.2, 0) is 28.6 Å². The molecule has 370 valence electrons. The number of allylic oxidation sites excluding steroid dienone is 4. The Morgan fingerprint density at radius 1 is 0.317 bits per heavy atom. The summed E-state index contributed by atoms with van der Waals surface area (Å²) < 4.78 is 16.8. The minimum atomic E-state index is -0.776. The summed E-state index contributed by atoms with van der Waals surface area (Å²) in [5.74, 6) is -0.884. The lowest BCUT2D eigenvalue weighted by molar-refractivity contribution is -0.167. The molecular formula is C57H106O6. The predicted molar refractivity (Wildman–Crippen MR) is 270 cm³/mol. The van der Waals surface area contributed by atoms with Crippen molar-refractivity contribution in [3.05, 3.63) is 24.3 Å². The monoisotopic (exact) mass is 887 g/mol. The van der Waals surface area contributed by atoms with Crippen LogP contribution >= 0.6 is 0 Å². The molecule has 1 unspecified atom stereocenters. The molecule has 6 heteroatoms. The lowest BCUT2D eigenvalue weighted by Crippen LogP contribution is -2.30. The molecule has 0 aliphatic rings. The first kappa shape index (κ1) is 60.9. The molecule has 0 radical (unpaired) electrons. The first-order valence-corrected chi connectivity index (χ1v) is 27.9. The number of carbonyl (C=O) groups is 3. The Hall–Kier alpha value is -2.11. The number of carbonyl (C=O) groups excluding carboxylic acids is 3. The second kappa shape index (κ2) is 52.5. The molecule has 0 rings (SSSR count). The van der Waals surface area contributed by atoms with E-state index in [4.69, 9.17) is 14.2 Å². The van der Waals surface area contributed by atoms with Crippen LogP contribution in [0.1, 0.15) is 303 Å². The Morgan fingerprint density at radius 2 is 0.571 bits per heavy atom. The van der Waals surface area contributed by atoms with Gasteiger partial charge in [-0.05, 0) is 38.5 Å². The molecule has 0 amide bonds. The summed E-state index contributed by atoms with van der Waals surface area (Å²) in [7, 11) is 0. The molecule has 0 aliphatic heterocycles. The van der Waals surface area contributed by atoms with Crippen LogP contribution in [0.4, 0.5) is 0 Å². The number of rotatable bonds is 51. The lowest BCUT2D eigenvalue weighted by Gasteiger charge is -2.18. The molecule has 0 spiro atoms. The third-order valence-corrected chi connectivity index (χ3v) is 12.5. The standard InChI is InChI=1S/C57H106O6/c1-4-7-10-13-16-19-22-24-26-28-29-31-32-35-38-41-44-47-50-56(59)62-53-54(52-61-55(58)49-46-43-40-37-34-21-18-15-12-9-6-3)63-57(60)51-48-45-42-39-36-33-30-27-25-23-20-17-14-11-8-5-2/h15,18,21,34,54H,4-14,16-17,19-20,22-33,35-53H2,1-3H3/b18-15-,34-21-. The van der Waals surface area contributed by atoms with Crippen molar-refractivity contribution < 1.29 is 28.6 Å². The van der Waals surface area contributed by atoms with Gasteiger partial charge in [-0.25, -0.2) is 0 Å². The average Bonchev–Trinajstić information content (AvgIpc) is 3.28. The molecule has 0 fully saturated rings. The van der Waals surface area contributed by atoms with Crippen molar-refractivity contribution in [2.45, 2.75) is 309 Å². The number of ether oxygens (including phenoxy) is 3. The van der Waals surface area contributed by atoms with Crippen LogP contribution < -0.4 is 0 Å². The quantitative estimate of drug-likeness (QED) is 0.0262. The minimum Gasteiger partial charge on any atom is -0.462 e. The van der Waals surface area contributed by atoms with Gasteiger partial charge in [0, 0.05) is 19.3 Å². The van der Waals surface area contributed by atoms with Crippen LogP contribution in [0.15, 0.2) is 24.3 Å². The fourth-order valence-corrected chi connectivity index (χ4v) is 8.25. The van der Waals surface area contributed by atoms with Gasteiger partial charge in [0.05, 0.1) is 0 Å². The van der Waals surface area contributed by atoms with E-state index in [9.17, 15) is 14.4 Å². The van der Waals surface area contributed by atoms with Crippen molar-refractivity contribution >= 4 is 17.9 Å². The van der Waals surface area contributed by atoms with Gasteiger partial charge >= 0.3 is 17.9 Å². The highest BCUT2D eigenvalue weighted by Crippen LogP contribution is 2.17. The van der Waals surface area contributed by atoms with E-state index in [0.717, 1.165) is 70.6 Å². The molecule has 1 atom stereocenters. The highest BCUT2D eigenvalue weighted by atomic mass is 16.6. The van der Waals surface area contributed by atoms with Gasteiger partial charge in [-0.15, -0.1) is 0 Å². The molecule has 6 nitrogen and oxygen atoms in total. The van der Waals surface area contributed by atoms with Crippen LogP contribution in [0.2, 0.25) is 0 Å². The van der Waals surface area contributed by atoms with E-state index in [-0.39, 0.29) is 31.1 Å². The minimum absolute atomic E-state index is 0.0743. The Labute approximate surface area is 392 Å². The highest BCUT2D eigenvalue weighted by molar-refractivity contribution is 5.71. The van der Waals surface area contributed by atoms with Gasteiger partial charge in [0.25, 0.3) is 0 Å². The zero-order chi connectivity index (χ0) is 45.8. The zero-order valence-electron chi connectivity index (χ0n) is 42.4. The largest absolute Gasteiger partial charge is 0.462 e. The third-order valence-electron chi connectivity index (χ3n) is 12.5. The maximum absolute atomic E-state index is 12.8. The third kappa shape index (κ3) is 50.7. The van der Waals surface area contributed by atoms with Crippen molar-refractivity contribution in [3.8, 4) is 0 Å². The molecule has 0 aromatic heterocycles. The van der Waals surface area contributed by atoms with Crippen LogP contribution in [0.25, 0.3) is 0 Å². The van der Waals surface area contributed by atoms with Gasteiger partial charge in [-0.1, -0.05) is 270 Å². The number of esters is 3. The first-order chi connectivity index (χ1) is 31.0. The van der Waals surface area contributed by atoms with E-state index in [1.54, 1.807) is 0 Å². The van der Waals surface area contributed by atoms with Gasteiger partial charge < -0.3 is 14.2 Å². The van der Waals surface area contributed by atoms with Crippen molar-refractivity contribution in [3.63, 3.8) is 0 Å². The van der Waals surface area contributed by atoms with Gasteiger partial charge in [0.1, 0.15) is 13.2 Å². The molecule has 0 aromatic rings. The van der Waals surface area contributed by atoms with E-state index in [1.807, 2.05) is 0 Å². The normalized spacial score (nSPS) is 12.1. The van der Waals surface area contributed by atoms with E-state index < -0.39 is 6.10 Å². The van der Waals surface area contributed by atoms with Crippen LogP contribution in [0, 0.1) is 0 Å². The molecule has 0 saturated carbocycles. The smallest absolute Gasteiger partial charge is 0.306 e. The molecule has 0 aromatic carbocycles. The van der Waals surface area contributed by atoms with Gasteiger partial charge in [0.2, 0.25) is 0 Å². The first-order valence-electron chi connectivity index (χ1n) is 27.9. The summed E-state index contributed by atoms with van der Waals surface area (Å²) >= 11 is 0. The second-order valence-corrected chi connectivity index (χ2v) is 18.9. The SMILES string of the molecule is CCCC/C=C\C=C/CCCCCC(=O)OCC(COC(=O)CCCCCCCCCCCCCCCCCCCC)OC(=O)CCCCCCCCCCCCCCCCCC. The van der Waals surface area contributed by atoms with Crippen molar-refractivity contribution in [1.29, 1.82) is 0 Å². The molecule has 0 heterocycles. The molecule has 63 heavy (non-hydrogen) atoms. The Morgan fingerprint density at radius 3 is 0.889 bits per heavy atom. The van der Waals surface area contributed by atoms with E-state index in [2.05, 4.69) is 45.1 Å². The summed E-state index contributed by atoms with van der Waals surface area (Å²) in [6.07, 6.45) is 60.3. The maximum atomic E-state index is 12.8. The Bertz CT molecular complexity index is 1020. The Balaban J connectivity index is 4.29. The van der Waals surface area contributed by atoms with Crippen LogP contribution in [0.3, 0.4) is 0 Å². The summed E-state index contributed by atoms with van der Waals surface area (Å²) in [6.45, 7) is 6.61. The maximum Gasteiger partial charge on any atom is 0.306 e. The van der Waals surface area contributed by atoms with Gasteiger partial charge in [-0.2, -0.15) is 0 Å². The number of hydrogen-bond acceptors (Lipinski definition) is 6. The average molecular weight is 887 g/mol. The number of hydrogen-bond donors (Lipinski definition) is 0. The molecule has 0 aliphatic carbocycles. The molecule has 0 saturated heterocycles.